The van der Waals surface area contributed by atoms with Crippen LogP contribution in [0.15, 0.2) is 60.0 Å². The fourth-order valence-electron chi connectivity index (χ4n) is 3.47. The molecule has 2 aromatic carbocycles. The van der Waals surface area contributed by atoms with Crippen LogP contribution in [0.2, 0.25) is 0 Å². The average molecular weight is 447 g/mol. The van der Waals surface area contributed by atoms with Gasteiger partial charge in [-0.25, -0.2) is 4.98 Å². The van der Waals surface area contributed by atoms with E-state index in [1.54, 1.807) is 35.6 Å². The van der Waals surface area contributed by atoms with Gasteiger partial charge in [-0.2, -0.15) is 0 Å². The smallest absolute Gasteiger partial charge is 0.251 e. The summed E-state index contributed by atoms with van der Waals surface area (Å²) in [5.74, 6) is 0.322. The third-order valence-electron chi connectivity index (χ3n) is 5.16. The standard InChI is InChI=1S/C25H22N2O4S/c1-15-6-4-7-17-18(14-32-24(15)17)19-8-5-9-20(27-19)21(28)13-26-25(29)16-10-11-22(30-2)23(12-16)31-3/h4-12,14H,13H2,1-3H3,(H,26,29). The van der Waals surface area contributed by atoms with Crippen LogP contribution in [0.5, 0.6) is 11.5 Å². The third-order valence-corrected chi connectivity index (χ3v) is 6.29. The molecule has 6 nitrogen and oxygen atoms in total. The summed E-state index contributed by atoms with van der Waals surface area (Å²) in [4.78, 5) is 29.8. The van der Waals surface area contributed by atoms with Crippen molar-refractivity contribution in [3.05, 3.63) is 76.8 Å². The molecular weight excluding hydrogens is 424 g/mol. The second-order valence-electron chi connectivity index (χ2n) is 7.18. The van der Waals surface area contributed by atoms with Crippen LogP contribution in [0.25, 0.3) is 21.3 Å². The van der Waals surface area contributed by atoms with Crippen molar-refractivity contribution >= 4 is 33.1 Å². The second-order valence-corrected chi connectivity index (χ2v) is 8.06. The summed E-state index contributed by atoms with van der Waals surface area (Å²) in [6.07, 6.45) is 0. The molecule has 0 saturated carbocycles. The van der Waals surface area contributed by atoms with Crippen LogP contribution in [-0.4, -0.2) is 37.4 Å². The van der Waals surface area contributed by atoms with Gasteiger partial charge in [0.1, 0.15) is 5.69 Å². The Morgan fingerprint density at radius 2 is 1.78 bits per heavy atom. The largest absolute Gasteiger partial charge is 0.493 e. The zero-order chi connectivity index (χ0) is 22.7. The Balaban J connectivity index is 1.50. The van der Waals surface area contributed by atoms with Crippen LogP contribution >= 0.6 is 11.3 Å². The minimum Gasteiger partial charge on any atom is -0.493 e. The maximum Gasteiger partial charge on any atom is 0.251 e. The second kappa shape index (κ2) is 9.20. The number of ether oxygens (including phenoxy) is 2. The topological polar surface area (TPSA) is 77.5 Å². The highest BCUT2D eigenvalue weighted by Gasteiger charge is 2.15. The lowest BCUT2D eigenvalue weighted by Gasteiger charge is -2.10. The zero-order valence-electron chi connectivity index (χ0n) is 18.0. The first-order valence-electron chi connectivity index (χ1n) is 9.99. The summed E-state index contributed by atoms with van der Waals surface area (Å²) in [6.45, 7) is 1.92. The molecule has 0 unspecified atom stereocenters. The van der Waals surface area contributed by atoms with Gasteiger partial charge in [0.25, 0.3) is 5.91 Å². The SMILES string of the molecule is COc1ccc(C(=O)NCC(=O)c2cccc(-c3csc4c(C)cccc34)n2)cc1OC. The number of aromatic nitrogens is 1. The molecule has 2 aromatic heterocycles. The molecule has 7 heteroatoms. The molecule has 4 rings (SSSR count). The molecule has 0 spiro atoms. The van der Waals surface area contributed by atoms with E-state index in [9.17, 15) is 9.59 Å². The number of carbonyl (C=O) groups excluding carboxylic acids is 2. The van der Waals surface area contributed by atoms with Crippen molar-refractivity contribution in [3.63, 3.8) is 0 Å². The number of hydrogen-bond donors (Lipinski definition) is 1. The number of nitrogens with zero attached hydrogens (tertiary/aromatic N) is 1. The lowest BCUT2D eigenvalue weighted by Crippen LogP contribution is -2.30. The van der Waals surface area contributed by atoms with Crippen molar-refractivity contribution in [2.75, 3.05) is 20.8 Å². The highest BCUT2D eigenvalue weighted by Crippen LogP contribution is 2.34. The van der Waals surface area contributed by atoms with Crippen LogP contribution in [0, 0.1) is 6.92 Å². The van der Waals surface area contributed by atoms with E-state index in [0.29, 0.717) is 22.8 Å². The molecule has 0 radical (unpaired) electrons. The molecule has 0 bridgehead atoms. The Kier molecular flexibility index (Phi) is 6.18. The van der Waals surface area contributed by atoms with Crippen LogP contribution in [0.4, 0.5) is 0 Å². The van der Waals surface area contributed by atoms with Gasteiger partial charge in [0, 0.05) is 26.6 Å². The van der Waals surface area contributed by atoms with Crippen molar-refractivity contribution in [3.8, 4) is 22.8 Å². The van der Waals surface area contributed by atoms with E-state index < -0.39 is 0 Å². The van der Waals surface area contributed by atoms with Crippen molar-refractivity contribution in [1.82, 2.24) is 10.3 Å². The first-order valence-corrected chi connectivity index (χ1v) is 10.9. The zero-order valence-corrected chi connectivity index (χ0v) is 18.8. The number of rotatable bonds is 7. The van der Waals surface area contributed by atoms with E-state index in [-0.39, 0.29) is 18.2 Å². The number of hydrogen-bond acceptors (Lipinski definition) is 6. The van der Waals surface area contributed by atoms with Gasteiger partial charge in [0.2, 0.25) is 0 Å². The molecule has 2 heterocycles. The number of methoxy groups -OCH3 is 2. The fraction of sp³-hybridized carbons (Fsp3) is 0.160. The summed E-state index contributed by atoms with van der Waals surface area (Å²) >= 11 is 1.67. The third kappa shape index (κ3) is 4.20. The van der Waals surface area contributed by atoms with Crippen molar-refractivity contribution < 1.29 is 19.1 Å². The molecule has 0 aliphatic rings. The first-order chi connectivity index (χ1) is 15.5. The number of fused-ring (bicyclic) bond motifs is 1. The van der Waals surface area contributed by atoms with Gasteiger partial charge in [-0.15, -0.1) is 11.3 Å². The molecule has 0 atom stereocenters. The van der Waals surface area contributed by atoms with Crippen LogP contribution in [0.3, 0.4) is 0 Å². The summed E-state index contributed by atoms with van der Waals surface area (Å²) in [5, 5.41) is 5.84. The maximum absolute atomic E-state index is 12.7. The van der Waals surface area contributed by atoms with Gasteiger partial charge in [-0.1, -0.05) is 24.3 Å². The molecule has 0 aliphatic heterocycles. The van der Waals surface area contributed by atoms with Crippen molar-refractivity contribution in [1.29, 1.82) is 0 Å². The van der Waals surface area contributed by atoms with Crippen LogP contribution in [-0.2, 0) is 0 Å². The van der Waals surface area contributed by atoms with Gasteiger partial charge in [-0.3, -0.25) is 9.59 Å². The number of Topliss-reactive ketones (excluding diaryl/α,β-unsaturated/α-hetero) is 1. The van der Waals surface area contributed by atoms with Gasteiger partial charge < -0.3 is 14.8 Å². The number of ketones is 1. The Morgan fingerprint density at radius 3 is 2.56 bits per heavy atom. The molecule has 4 aromatic rings. The predicted octanol–water partition coefficient (Wildman–Crippen LogP) is 4.90. The molecule has 0 aliphatic carbocycles. The van der Waals surface area contributed by atoms with E-state index in [4.69, 9.17) is 9.47 Å². The summed E-state index contributed by atoms with van der Waals surface area (Å²) in [6, 6.07) is 16.4. The first kappa shape index (κ1) is 21.5. The monoisotopic (exact) mass is 446 g/mol. The molecular formula is C25H22N2O4S. The number of pyridine rings is 1. The fourth-order valence-corrected chi connectivity index (χ4v) is 4.51. The summed E-state index contributed by atoms with van der Waals surface area (Å²) < 4.78 is 11.6. The number of aryl methyl sites for hydroxylation is 1. The number of benzene rings is 2. The molecule has 1 N–H and O–H groups in total. The summed E-state index contributed by atoms with van der Waals surface area (Å²) in [7, 11) is 3.02. The minimum atomic E-state index is -0.380. The average Bonchev–Trinajstić information content (AvgIpc) is 3.27. The van der Waals surface area contributed by atoms with E-state index in [1.165, 1.54) is 24.5 Å². The molecule has 162 valence electrons. The van der Waals surface area contributed by atoms with Gasteiger partial charge in [0.05, 0.1) is 26.5 Å². The van der Waals surface area contributed by atoms with E-state index in [1.807, 2.05) is 18.2 Å². The Labute approximate surface area is 189 Å². The lowest BCUT2D eigenvalue weighted by molar-refractivity contribution is 0.0902. The Hall–Kier alpha value is -3.71. The van der Waals surface area contributed by atoms with Gasteiger partial charge in [0.15, 0.2) is 17.3 Å². The van der Waals surface area contributed by atoms with Gasteiger partial charge >= 0.3 is 0 Å². The maximum atomic E-state index is 12.7. The molecule has 0 fully saturated rings. The number of nitrogens with one attached hydrogen (secondary N) is 1. The summed E-state index contributed by atoms with van der Waals surface area (Å²) in [5.41, 5.74) is 3.62. The molecule has 1 amide bonds. The minimum absolute atomic E-state index is 0.160. The Morgan fingerprint density at radius 1 is 1.00 bits per heavy atom. The highest BCUT2D eigenvalue weighted by atomic mass is 32.1. The number of carbonyl (C=O) groups is 2. The van der Waals surface area contributed by atoms with Crippen molar-refractivity contribution in [2.45, 2.75) is 6.92 Å². The molecule has 32 heavy (non-hydrogen) atoms. The predicted molar refractivity (Wildman–Crippen MR) is 126 cm³/mol. The van der Waals surface area contributed by atoms with E-state index >= 15 is 0 Å². The normalized spacial score (nSPS) is 10.7. The van der Waals surface area contributed by atoms with Crippen LogP contribution in [0.1, 0.15) is 26.4 Å². The van der Waals surface area contributed by atoms with E-state index in [0.717, 1.165) is 16.6 Å². The Bertz CT molecular complexity index is 1310. The number of thiophene rings is 1. The van der Waals surface area contributed by atoms with E-state index in [2.05, 4.69) is 34.7 Å². The van der Waals surface area contributed by atoms with Crippen molar-refractivity contribution in [2.24, 2.45) is 0 Å². The highest BCUT2D eigenvalue weighted by molar-refractivity contribution is 7.18. The number of amides is 1. The lowest BCUT2D eigenvalue weighted by atomic mass is 10.1. The molecule has 0 saturated heterocycles. The van der Waals surface area contributed by atoms with Gasteiger partial charge in [-0.05, 0) is 42.8 Å². The van der Waals surface area contributed by atoms with Crippen LogP contribution < -0.4 is 14.8 Å². The quantitative estimate of drug-likeness (QED) is 0.409.